The molecule has 104 valence electrons. The zero-order valence-electron chi connectivity index (χ0n) is 11.9. The molecule has 0 aliphatic rings. The lowest BCUT2D eigenvalue weighted by Gasteiger charge is -2.26. The Hall–Kier alpha value is -1.40. The number of nitrogens with zero attached hydrogens (tertiary/aromatic N) is 3. The number of fused-ring (bicyclic) bond motifs is 1. The van der Waals surface area contributed by atoms with Gasteiger partial charge < -0.3 is 4.90 Å². The Labute approximate surface area is 117 Å². The van der Waals surface area contributed by atoms with Crippen LogP contribution in [0.3, 0.4) is 0 Å². The van der Waals surface area contributed by atoms with Gasteiger partial charge in [0.1, 0.15) is 10.6 Å². The van der Waals surface area contributed by atoms with E-state index in [-0.39, 0.29) is 0 Å². The molecule has 19 heavy (non-hydrogen) atoms. The summed E-state index contributed by atoms with van der Waals surface area (Å²) in [5, 5.41) is 1.10. The molecular formula is C13H21N5S. The van der Waals surface area contributed by atoms with Crippen molar-refractivity contribution in [2.24, 2.45) is 5.84 Å². The Morgan fingerprint density at radius 1 is 1.47 bits per heavy atom. The van der Waals surface area contributed by atoms with Gasteiger partial charge in [-0.3, -0.25) is 5.43 Å². The first-order valence-electron chi connectivity index (χ1n) is 6.54. The summed E-state index contributed by atoms with van der Waals surface area (Å²) < 4.78 is 0. The number of aryl methyl sites for hydroxylation is 1. The van der Waals surface area contributed by atoms with Gasteiger partial charge >= 0.3 is 0 Å². The molecular weight excluding hydrogens is 258 g/mol. The molecule has 2 aromatic heterocycles. The van der Waals surface area contributed by atoms with Gasteiger partial charge in [0.05, 0.1) is 5.39 Å². The van der Waals surface area contributed by atoms with E-state index in [1.165, 1.54) is 4.88 Å². The number of hydrogen-bond donors (Lipinski definition) is 2. The first-order chi connectivity index (χ1) is 9.06. The highest BCUT2D eigenvalue weighted by molar-refractivity contribution is 7.18. The van der Waals surface area contributed by atoms with Crippen LogP contribution in [0.5, 0.6) is 0 Å². The number of anilines is 2. The molecule has 0 fully saturated rings. The average Bonchev–Trinajstić information content (AvgIpc) is 2.76. The number of nitrogens with one attached hydrogen (secondary N) is 1. The molecule has 2 heterocycles. The summed E-state index contributed by atoms with van der Waals surface area (Å²) in [4.78, 5) is 13.3. The van der Waals surface area contributed by atoms with Crippen LogP contribution >= 0.6 is 11.3 Å². The molecule has 0 amide bonds. The van der Waals surface area contributed by atoms with Gasteiger partial charge in [0.2, 0.25) is 5.95 Å². The first kappa shape index (κ1) is 14.0. The van der Waals surface area contributed by atoms with Gasteiger partial charge in [0, 0.05) is 18.0 Å². The minimum Gasteiger partial charge on any atom is -0.356 e. The van der Waals surface area contributed by atoms with Gasteiger partial charge in [-0.05, 0) is 26.3 Å². The third kappa shape index (κ3) is 2.79. The van der Waals surface area contributed by atoms with Gasteiger partial charge in [0.15, 0.2) is 0 Å². The third-order valence-electron chi connectivity index (χ3n) is 3.33. The van der Waals surface area contributed by atoms with E-state index >= 15 is 0 Å². The van der Waals surface area contributed by atoms with Gasteiger partial charge in [-0.25, -0.2) is 10.8 Å². The number of hydrogen-bond acceptors (Lipinski definition) is 6. The van der Waals surface area contributed by atoms with Crippen LogP contribution < -0.4 is 16.2 Å². The average molecular weight is 279 g/mol. The van der Waals surface area contributed by atoms with E-state index in [9.17, 15) is 0 Å². The largest absolute Gasteiger partial charge is 0.356 e. The van der Waals surface area contributed by atoms with Gasteiger partial charge in [-0.15, -0.1) is 11.3 Å². The fourth-order valence-corrected chi connectivity index (χ4v) is 3.05. The van der Waals surface area contributed by atoms with E-state index in [0.717, 1.165) is 28.9 Å². The van der Waals surface area contributed by atoms with Crippen LogP contribution in [-0.4, -0.2) is 23.1 Å². The summed E-state index contributed by atoms with van der Waals surface area (Å²) in [7, 11) is 2.08. The highest BCUT2D eigenvalue weighted by atomic mass is 32.1. The molecule has 0 aliphatic heterocycles. The van der Waals surface area contributed by atoms with E-state index in [1.807, 2.05) is 0 Å². The fourth-order valence-electron chi connectivity index (χ4n) is 2.18. The van der Waals surface area contributed by atoms with Crippen molar-refractivity contribution in [1.29, 1.82) is 0 Å². The minimum absolute atomic E-state index is 0.439. The molecule has 0 saturated heterocycles. The number of thiophene rings is 1. The number of nitrogen functional groups attached to an aromatic ring is 1. The molecule has 2 aromatic rings. The van der Waals surface area contributed by atoms with Crippen LogP contribution in [0.4, 0.5) is 11.8 Å². The highest BCUT2D eigenvalue weighted by Crippen LogP contribution is 2.32. The van der Waals surface area contributed by atoms with E-state index in [4.69, 9.17) is 5.84 Å². The van der Waals surface area contributed by atoms with Crippen molar-refractivity contribution in [1.82, 2.24) is 9.97 Å². The normalized spacial score (nSPS) is 12.7. The lowest BCUT2D eigenvalue weighted by Crippen LogP contribution is -2.30. The zero-order chi connectivity index (χ0) is 14.0. The van der Waals surface area contributed by atoms with Crippen molar-refractivity contribution in [3.05, 3.63) is 10.9 Å². The molecule has 0 aromatic carbocycles. The number of aromatic nitrogens is 2. The quantitative estimate of drug-likeness (QED) is 0.650. The summed E-state index contributed by atoms with van der Waals surface area (Å²) in [6.45, 7) is 6.49. The predicted octanol–water partition coefficient (Wildman–Crippen LogP) is 2.91. The standard InChI is InChI=1S/C13H21N5S/c1-5-6-8(2)18(4)11-10-7-9(3)19-12(10)16-13(15-11)17-14/h7-8H,5-6,14H2,1-4H3,(H,15,16,17). The molecule has 1 atom stereocenters. The molecule has 0 bridgehead atoms. The molecule has 0 saturated carbocycles. The Morgan fingerprint density at radius 3 is 2.84 bits per heavy atom. The molecule has 0 radical (unpaired) electrons. The monoisotopic (exact) mass is 279 g/mol. The lowest BCUT2D eigenvalue weighted by atomic mass is 10.1. The van der Waals surface area contributed by atoms with Gasteiger partial charge in [-0.1, -0.05) is 13.3 Å². The van der Waals surface area contributed by atoms with Crippen molar-refractivity contribution < 1.29 is 0 Å². The maximum atomic E-state index is 5.46. The fraction of sp³-hybridized carbons (Fsp3) is 0.538. The highest BCUT2D eigenvalue weighted by Gasteiger charge is 2.17. The van der Waals surface area contributed by atoms with Crippen molar-refractivity contribution in [3.8, 4) is 0 Å². The second-order valence-electron chi connectivity index (χ2n) is 4.84. The number of rotatable bonds is 5. The maximum absolute atomic E-state index is 5.46. The van der Waals surface area contributed by atoms with Crippen LogP contribution in [0.1, 0.15) is 31.6 Å². The summed E-state index contributed by atoms with van der Waals surface area (Å²) in [6, 6.07) is 2.58. The first-order valence-corrected chi connectivity index (χ1v) is 7.36. The topological polar surface area (TPSA) is 67.1 Å². The summed E-state index contributed by atoms with van der Waals surface area (Å²) in [5.74, 6) is 6.88. The summed E-state index contributed by atoms with van der Waals surface area (Å²) >= 11 is 1.66. The Balaban J connectivity index is 2.50. The van der Waals surface area contributed by atoms with E-state index in [0.29, 0.717) is 12.0 Å². The second-order valence-corrected chi connectivity index (χ2v) is 6.07. The minimum atomic E-state index is 0.439. The maximum Gasteiger partial charge on any atom is 0.240 e. The molecule has 1 unspecified atom stereocenters. The predicted molar refractivity (Wildman–Crippen MR) is 82.7 cm³/mol. The molecule has 3 N–H and O–H groups in total. The van der Waals surface area contributed by atoms with Gasteiger partial charge in [0.25, 0.3) is 0 Å². The van der Waals surface area contributed by atoms with Crippen molar-refractivity contribution in [2.75, 3.05) is 17.4 Å². The van der Waals surface area contributed by atoms with Crippen molar-refractivity contribution >= 4 is 33.3 Å². The summed E-state index contributed by atoms with van der Waals surface area (Å²) in [5.41, 5.74) is 2.55. The van der Waals surface area contributed by atoms with Crippen LogP contribution in [-0.2, 0) is 0 Å². The Bertz CT molecular complexity index is 565. The molecule has 0 spiro atoms. The summed E-state index contributed by atoms with van der Waals surface area (Å²) in [6.07, 6.45) is 2.29. The Morgan fingerprint density at radius 2 is 2.21 bits per heavy atom. The van der Waals surface area contributed by atoms with E-state index in [1.54, 1.807) is 11.3 Å². The van der Waals surface area contributed by atoms with Crippen LogP contribution in [0.2, 0.25) is 0 Å². The SMILES string of the molecule is CCCC(C)N(C)c1nc(NN)nc2sc(C)cc12. The third-order valence-corrected chi connectivity index (χ3v) is 4.27. The number of nitrogens with two attached hydrogens (primary N) is 1. The van der Waals surface area contributed by atoms with Crippen LogP contribution in [0, 0.1) is 6.92 Å². The van der Waals surface area contributed by atoms with E-state index in [2.05, 4.69) is 54.2 Å². The van der Waals surface area contributed by atoms with Crippen molar-refractivity contribution in [3.63, 3.8) is 0 Å². The second kappa shape index (κ2) is 5.71. The molecule has 2 rings (SSSR count). The van der Waals surface area contributed by atoms with Crippen LogP contribution in [0.25, 0.3) is 10.2 Å². The molecule has 5 nitrogen and oxygen atoms in total. The molecule has 0 aliphatic carbocycles. The van der Waals surface area contributed by atoms with Crippen molar-refractivity contribution in [2.45, 2.75) is 39.7 Å². The van der Waals surface area contributed by atoms with Crippen LogP contribution in [0.15, 0.2) is 6.07 Å². The molecule has 6 heteroatoms. The smallest absolute Gasteiger partial charge is 0.240 e. The van der Waals surface area contributed by atoms with E-state index < -0.39 is 0 Å². The zero-order valence-corrected chi connectivity index (χ0v) is 12.7. The number of hydrazine groups is 1. The lowest BCUT2D eigenvalue weighted by molar-refractivity contribution is 0.612. The van der Waals surface area contributed by atoms with Gasteiger partial charge in [-0.2, -0.15) is 4.98 Å². The Kier molecular flexibility index (Phi) is 4.21.